The largest absolute Gasteiger partial charge is 0.343 e. The summed E-state index contributed by atoms with van der Waals surface area (Å²) in [7, 11) is 1.94. The molecule has 0 saturated carbocycles. The van der Waals surface area contributed by atoms with Gasteiger partial charge in [-0.25, -0.2) is 9.97 Å². The lowest BCUT2D eigenvalue weighted by molar-refractivity contribution is 0.0944. The Bertz CT molecular complexity index is 1050. The van der Waals surface area contributed by atoms with Gasteiger partial charge in [-0.3, -0.25) is 9.78 Å². The van der Waals surface area contributed by atoms with Gasteiger partial charge in [-0.05, 0) is 24.3 Å². The number of fused-ring (bicyclic) bond motifs is 2. The highest BCUT2D eigenvalue weighted by Crippen LogP contribution is 2.14. The first kappa shape index (κ1) is 14.3. The Morgan fingerprint density at radius 2 is 1.71 bits per heavy atom. The van der Waals surface area contributed by atoms with Gasteiger partial charge in [0.2, 0.25) is 0 Å². The predicted octanol–water partition coefficient (Wildman–Crippen LogP) is 2.45. The van der Waals surface area contributed by atoms with Crippen LogP contribution in [0.4, 0.5) is 0 Å². The van der Waals surface area contributed by atoms with Crippen molar-refractivity contribution in [3.63, 3.8) is 0 Å². The molecule has 0 fully saturated rings. The standard InChI is InChI=1S/C18H15N5O/c1-23-16-9-5-4-8-14(16)22-17(23)11-20-18(24)15-10-19-12-6-2-3-7-13(12)21-15/h2-10H,11H2,1H3,(H,20,24). The number of nitrogens with one attached hydrogen (secondary N) is 1. The maximum Gasteiger partial charge on any atom is 0.271 e. The van der Waals surface area contributed by atoms with Gasteiger partial charge < -0.3 is 9.88 Å². The zero-order valence-corrected chi connectivity index (χ0v) is 13.1. The Morgan fingerprint density at radius 1 is 1.00 bits per heavy atom. The van der Waals surface area contributed by atoms with E-state index in [0.29, 0.717) is 17.8 Å². The van der Waals surface area contributed by atoms with Crippen LogP contribution in [0, 0.1) is 0 Å². The molecular formula is C18H15N5O. The van der Waals surface area contributed by atoms with Crippen LogP contribution in [0.5, 0.6) is 0 Å². The van der Waals surface area contributed by atoms with Crippen molar-refractivity contribution in [3.05, 3.63) is 66.2 Å². The second kappa shape index (κ2) is 5.73. The molecule has 0 aliphatic carbocycles. The number of aromatic nitrogens is 4. The minimum atomic E-state index is -0.264. The lowest BCUT2D eigenvalue weighted by atomic mass is 10.3. The Hall–Kier alpha value is -3.28. The van der Waals surface area contributed by atoms with Gasteiger partial charge in [0.15, 0.2) is 0 Å². The molecular weight excluding hydrogens is 302 g/mol. The number of carbonyl (C=O) groups excluding carboxylic acids is 1. The fourth-order valence-electron chi connectivity index (χ4n) is 2.67. The Kier molecular flexibility index (Phi) is 3.42. The van der Waals surface area contributed by atoms with Crippen molar-refractivity contribution in [1.29, 1.82) is 0 Å². The second-order valence-corrected chi connectivity index (χ2v) is 5.50. The van der Waals surface area contributed by atoms with Gasteiger partial charge in [0, 0.05) is 7.05 Å². The van der Waals surface area contributed by atoms with Gasteiger partial charge in [0.05, 0.1) is 34.8 Å². The van der Waals surface area contributed by atoms with Crippen molar-refractivity contribution in [3.8, 4) is 0 Å². The first-order valence-corrected chi connectivity index (χ1v) is 7.63. The van der Waals surface area contributed by atoms with E-state index < -0.39 is 0 Å². The fourth-order valence-corrected chi connectivity index (χ4v) is 2.67. The molecule has 2 heterocycles. The molecule has 1 N–H and O–H groups in total. The van der Waals surface area contributed by atoms with Gasteiger partial charge in [-0.2, -0.15) is 0 Å². The Balaban J connectivity index is 1.55. The smallest absolute Gasteiger partial charge is 0.271 e. The van der Waals surface area contributed by atoms with Crippen LogP contribution < -0.4 is 5.32 Å². The number of amides is 1. The molecule has 0 aliphatic heterocycles. The molecule has 4 rings (SSSR count). The molecule has 118 valence electrons. The van der Waals surface area contributed by atoms with Crippen molar-refractivity contribution in [2.24, 2.45) is 7.05 Å². The van der Waals surface area contributed by atoms with E-state index in [1.807, 2.05) is 60.1 Å². The number of rotatable bonds is 3. The van der Waals surface area contributed by atoms with Crippen LogP contribution in [0.15, 0.2) is 54.7 Å². The lowest BCUT2D eigenvalue weighted by Crippen LogP contribution is -2.25. The number of hydrogen-bond acceptors (Lipinski definition) is 4. The molecule has 0 atom stereocenters. The number of hydrogen-bond donors (Lipinski definition) is 1. The SMILES string of the molecule is Cn1c(CNC(=O)c2cnc3ccccc3n2)nc2ccccc21. The molecule has 1 amide bonds. The van der Waals surface area contributed by atoms with E-state index in [1.165, 1.54) is 6.20 Å². The number of benzene rings is 2. The van der Waals surface area contributed by atoms with E-state index in [1.54, 1.807) is 0 Å². The molecule has 2 aromatic heterocycles. The maximum absolute atomic E-state index is 12.3. The number of imidazole rings is 1. The highest BCUT2D eigenvalue weighted by atomic mass is 16.1. The summed E-state index contributed by atoms with van der Waals surface area (Å²) in [6.45, 7) is 0.332. The third kappa shape index (κ3) is 2.48. The van der Waals surface area contributed by atoms with Crippen molar-refractivity contribution in [2.75, 3.05) is 0 Å². The highest BCUT2D eigenvalue weighted by Gasteiger charge is 2.12. The summed E-state index contributed by atoms with van der Waals surface area (Å²) in [6.07, 6.45) is 1.49. The Morgan fingerprint density at radius 3 is 2.50 bits per heavy atom. The first-order valence-electron chi connectivity index (χ1n) is 7.63. The normalized spacial score (nSPS) is 11.0. The number of aryl methyl sites for hydroxylation is 1. The molecule has 0 unspecified atom stereocenters. The summed E-state index contributed by atoms with van der Waals surface area (Å²) in [5.74, 6) is 0.526. The molecule has 4 aromatic rings. The quantitative estimate of drug-likeness (QED) is 0.630. The van der Waals surface area contributed by atoms with Gasteiger partial charge in [0.25, 0.3) is 5.91 Å². The van der Waals surface area contributed by atoms with E-state index in [2.05, 4.69) is 20.3 Å². The molecule has 24 heavy (non-hydrogen) atoms. The predicted molar refractivity (Wildman–Crippen MR) is 91.4 cm³/mol. The van der Waals surface area contributed by atoms with Crippen molar-refractivity contribution < 1.29 is 4.79 Å². The molecule has 0 spiro atoms. The van der Waals surface area contributed by atoms with Crippen molar-refractivity contribution >= 4 is 28.0 Å². The third-order valence-corrected chi connectivity index (χ3v) is 3.97. The molecule has 2 aromatic carbocycles. The first-order chi connectivity index (χ1) is 11.7. The molecule has 6 nitrogen and oxygen atoms in total. The second-order valence-electron chi connectivity index (χ2n) is 5.50. The zero-order chi connectivity index (χ0) is 16.5. The summed E-state index contributed by atoms with van der Waals surface area (Å²) < 4.78 is 1.97. The van der Waals surface area contributed by atoms with Crippen molar-refractivity contribution in [1.82, 2.24) is 24.8 Å². The van der Waals surface area contributed by atoms with Crippen LogP contribution in [0.2, 0.25) is 0 Å². The van der Waals surface area contributed by atoms with E-state index in [0.717, 1.165) is 22.4 Å². The summed E-state index contributed by atoms with van der Waals surface area (Å²) in [5, 5.41) is 2.86. The summed E-state index contributed by atoms with van der Waals surface area (Å²) in [6, 6.07) is 15.3. The topological polar surface area (TPSA) is 72.7 Å². The number of para-hydroxylation sites is 4. The van der Waals surface area contributed by atoms with Crippen LogP contribution in [0.25, 0.3) is 22.1 Å². The third-order valence-electron chi connectivity index (χ3n) is 3.97. The van der Waals surface area contributed by atoms with Crippen LogP contribution in [-0.2, 0) is 13.6 Å². The fraction of sp³-hybridized carbons (Fsp3) is 0.111. The minimum Gasteiger partial charge on any atom is -0.343 e. The monoisotopic (exact) mass is 317 g/mol. The van der Waals surface area contributed by atoms with Crippen LogP contribution in [0.3, 0.4) is 0 Å². The average Bonchev–Trinajstić information content (AvgIpc) is 2.95. The van der Waals surface area contributed by atoms with Gasteiger partial charge >= 0.3 is 0 Å². The summed E-state index contributed by atoms with van der Waals surface area (Å²) in [5.41, 5.74) is 3.71. The molecule has 0 radical (unpaired) electrons. The van der Waals surface area contributed by atoms with Crippen LogP contribution in [-0.4, -0.2) is 25.4 Å². The lowest BCUT2D eigenvalue weighted by Gasteiger charge is -2.05. The molecule has 0 bridgehead atoms. The van der Waals surface area contributed by atoms with Crippen molar-refractivity contribution in [2.45, 2.75) is 6.54 Å². The van der Waals surface area contributed by atoms with Gasteiger partial charge in [0.1, 0.15) is 11.5 Å². The number of carbonyl (C=O) groups is 1. The number of nitrogens with zero attached hydrogens (tertiary/aromatic N) is 4. The van der Waals surface area contributed by atoms with Gasteiger partial charge in [-0.1, -0.05) is 24.3 Å². The van der Waals surface area contributed by atoms with E-state index in [9.17, 15) is 4.79 Å². The zero-order valence-electron chi connectivity index (χ0n) is 13.1. The molecule has 0 saturated heterocycles. The highest BCUT2D eigenvalue weighted by molar-refractivity contribution is 5.93. The molecule has 0 aliphatic rings. The summed E-state index contributed by atoms with van der Waals surface area (Å²) in [4.78, 5) is 25.5. The van der Waals surface area contributed by atoms with Gasteiger partial charge in [-0.15, -0.1) is 0 Å². The van der Waals surface area contributed by atoms with Crippen LogP contribution in [0.1, 0.15) is 16.3 Å². The maximum atomic E-state index is 12.3. The van der Waals surface area contributed by atoms with Crippen LogP contribution >= 0.6 is 0 Å². The molecule has 6 heteroatoms. The summed E-state index contributed by atoms with van der Waals surface area (Å²) >= 11 is 0. The van der Waals surface area contributed by atoms with E-state index in [-0.39, 0.29) is 5.91 Å². The van der Waals surface area contributed by atoms with E-state index >= 15 is 0 Å². The Labute approximate surface area is 138 Å². The minimum absolute atomic E-state index is 0.264. The average molecular weight is 317 g/mol. The van der Waals surface area contributed by atoms with E-state index in [4.69, 9.17) is 0 Å².